The van der Waals surface area contributed by atoms with Crippen molar-refractivity contribution in [3.63, 3.8) is 0 Å². The second kappa shape index (κ2) is 11.0. The summed E-state index contributed by atoms with van der Waals surface area (Å²) >= 11 is 1.56. The third-order valence-corrected chi connectivity index (χ3v) is 6.76. The van der Waals surface area contributed by atoms with Crippen molar-refractivity contribution in [3.8, 4) is 34.6 Å². The number of benzene rings is 1. The van der Waals surface area contributed by atoms with Crippen molar-refractivity contribution in [2.24, 2.45) is 0 Å². The lowest BCUT2D eigenvalue weighted by Crippen LogP contribution is -2.24. The van der Waals surface area contributed by atoms with Crippen molar-refractivity contribution in [2.75, 3.05) is 38.6 Å². The third kappa shape index (κ3) is 4.89. The number of aromatic nitrogens is 5. The number of pyridine rings is 1. The number of imidazole rings is 1. The second-order valence-electron chi connectivity index (χ2n) is 8.16. The van der Waals surface area contributed by atoms with Crippen LogP contribution in [0.5, 0.6) is 17.4 Å². The monoisotopic (exact) mass is 507 g/mol. The van der Waals surface area contributed by atoms with Gasteiger partial charge in [-0.1, -0.05) is 18.6 Å². The lowest BCUT2D eigenvalue weighted by atomic mass is 10.2. The molecule has 4 aromatic rings. The fourth-order valence-electron chi connectivity index (χ4n) is 4.17. The molecule has 1 aliphatic heterocycles. The van der Waals surface area contributed by atoms with Crippen LogP contribution in [0.25, 0.3) is 28.5 Å². The summed E-state index contributed by atoms with van der Waals surface area (Å²) in [7, 11) is 3.25. The van der Waals surface area contributed by atoms with Gasteiger partial charge in [-0.2, -0.15) is 0 Å². The number of fused-ring (bicyclic) bond motifs is 1. The van der Waals surface area contributed by atoms with E-state index < -0.39 is 0 Å². The number of piperidine rings is 1. The summed E-state index contributed by atoms with van der Waals surface area (Å²) in [4.78, 5) is 19.0. The van der Waals surface area contributed by atoms with E-state index in [2.05, 4.69) is 19.0 Å². The van der Waals surface area contributed by atoms with Gasteiger partial charge in [0, 0.05) is 31.3 Å². The van der Waals surface area contributed by atoms with E-state index in [9.17, 15) is 0 Å². The number of nitrogens with one attached hydrogen (secondary N) is 1. The van der Waals surface area contributed by atoms with E-state index in [1.165, 1.54) is 19.3 Å². The molecule has 0 aliphatic carbocycles. The predicted molar refractivity (Wildman–Crippen MR) is 141 cm³/mol. The first-order valence-corrected chi connectivity index (χ1v) is 12.7. The van der Waals surface area contributed by atoms with Gasteiger partial charge in [-0.15, -0.1) is 0 Å². The van der Waals surface area contributed by atoms with Crippen LogP contribution < -0.4 is 18.9 Å². The Hall–Kier alpha value is -3.57. The molecule has 1 fully saturated rings. The SMILES string of the molecule is CCOc1cccc(-c2nc3ncc(NSN4CCCCC4)nc3n2-c2c(OC)cccc2OC)n1. The van der Waals surface area contributed by atoms with Crippen LogP contribution in [0.15, 0.2) is 42.6 Å². The zero-order valence-electron chi connectivity index (χ0n) is 20.6. The van der Waals surface area contributed by atoms with Crippen LogP contribution in [-0.4, -0.2) is 62.7 Å². The maximum absolute atomic E-state index is 5.72. The number of hydrogen-bond acceptors (Lipinski definition) is 10. The first-order chi connectivity index (χ1) is 17.7. The highest BCUT2D eigenvalue weighted by Gasteiger charge is 2.24. The van der Waals surface area contributed by atoms with Crippen LogP contribution >= 0.6 is 12.1 Å². The molecule has 4 heterocycles. The highest BCUT2D eigenvalue weighted by molar-refractivity contribution is 7.98. The normalized spacial score (nSPS) is 14.1. The van der Waals surface area contributed by atoms with Crippen molar-refractivity contribution in [1.29, 1.82) is 0 Å². The van der Waals surface area contributed by atoms with Gasteiger partial charge >= 0.3 is 0 Å². The maximum Gasteiger partial charge on any atom is 0.213 e. The number of anilines is 1. The van der Waals surface area contributed by atoms with Gasteiger partial charge in [-0.25, -0.2) is 24.2 Å². The Balaban J connectivity index is 1.65. The minimum Gasteiger partial charge on any atom is -0.494 e. The van der Waals surface area contributed by atoms with Crippen molar-refractivity contribution >= 4 is 29.2 Å². The molecule has 188 valence electrons. The van der Waals surface area contributed by atoms with Gasteiger partial charge in [-0.3, -0.25) is 9.29 Å². The molecule has 36 heavy (non-hydrogen) atoms. The smallest absolute Gasteiger partial charge is 0.213 e. The highest BCUT2D eigenvalue weighted by Crippen LogP contribution is 2.38. The molecule has 0 saturated carbocycles. The number of nitrogens with zero attached hydrogens (tertiary/aromatic N) is 6. The van der Waals surface area contributed by atoms with Crippen molar-refractivity contribution in [3.05, 3.63) is 42.6 Å². The Morgan fingerprint density at radius 2 is 1.69 bits per heavy atom. The summed E-state index contributed by atoms with van der Waals surface area (Å²) in [5.74, 6) is 2.92. The molecule has 0 amide bonds. The number of rotatable bonds is 9. The quantitative estimate of drug-likeness (QED) is 0.319. The fourth-order valence-corrected chi connectivity index (χ4v) is 4.93. The van der Waals surface area contributed by atoms with E-state index in [1.807, 2.05) is 47.9 Å². The largest absolute Gasteiger partial charge is 0.494 e. The van der Waals surface area contributed by atoms with Gasteiger partial charge in [0.15, 0.2) is 22.9 Å². The maximum atomic E-state index is 5.72. The summed E-state index contributed by atoms with van der Waals surface area (Å²) in [5, 5.41) is 0. The van der Waals surface area contributed by atoms with Gasteiger partial charge in [0.1, 0.15) is 22.9 Å². The Kier molecular flexibility index (Phi) is 7.38. The molecule has 0 unspecified atom stereocenters. The molecule has 1 aliphatic rings. The van der Waals surface area contributed by atoms with Gasteiger partial charge in [0.2, 0.25) is 5.88 Å². The molecule has 5 rings (SSSR count). The topological polar surface area (TPSA) is 99.5 Å². The van der Waals surface area contributed by atoms with Crippen LogP contribution in [0.2, 0.25) is 0 Å². The molecule has 0 bridgehead atoms. The third-order valence-electron chi connectivity index (χ3n) is 5.84. The summed E-state index contributed by atoms with van der Waals surface area (Å²) in [6.07, 6.45) is 5.39. The molecule has 0 radical (unpaired) electrons. The van der Waals surface area contributed by atoms with Crippen molar-refractivity contribution in [1.82, 2.24) is 28.8 Å². The van der Waals surface area contributed by atoms with Gasteiger partial charge < -0.3 is 14.2 Å². The summed E-state index contributed by atoms with van der Waals surface area (Å²) in [6, 6.07) is 11.2. The Bertz CT molecular complexity index is 1320. The predicted octanol–water partition coefficient (Wildman–Crippen LogP) is 4.75. The van der Waals surface area contributed by atoms with E-state index in [0.717, 1.165) is 13.1 Å². The number of ether oxygens (including phenoxy) is 3. The molecule has 0 spiro atoms. The van der Waals surface area contributed by atoms with Crippen LogP contribution in [-0.2, 0) is 0 Å². The van der Waals surface area contributed by atoms with E-state index in [1.54, 1.807) is 32.6 Å². The minimum absolute atomic E-state index is 0.482. The molecule has 1 aromatic carbocycles. The first kappa shape index (κ1) is 24.1. The van der Waals surface area contributed by atoms with E-state index >= 15 is 0 Å². The molecule has 0 atom stereocenters. The lowest BCUT2D eigenvalue weighted by Gasteiger charge is -2.24. The number of methoxy groups -OCH3 is 2. The second-order valence-corrected chi connectivity index (χ2v) is 9.06. The van der Waals surface area contributed by atoms with Gasteiger partial charge in [0.05, 0.1) is 27.0 Å². The zero-order chi connectivity index (χ0) is 24.9. The molecule has 10 nitrogen and oxygen atoms in total. The number of hydrogen-bond donors (Lipinski definition) is 1. The Morgan fingerprint density at radius 1 is 0.944 bits per heavy atom. The van der Waals surface area contributed by atoms with Gasteiger partial charge in [0.25, 0.3) is 0 Å². The molecular weight excluding hydrogens is 478 g/mol. The standard InChI is InChI=1S/C25H29N7O3S/c1-4-35-21-13-8-10-17(27-21)24-29-23-25(32(24)22-18(33-2)11-9-12-19(22)34-3)28-20(16-26-23)30-36-31-14-6-5-7-15-31/h8-13,16H,4-7,14-15H2,1-3H3,(H,28,30). The molecule has 1 saturated heterocycles. The van der Waals surface area contributed by atoms with E-state index in [0.29, 0.717) is 58.3 Å². The minimum atomic E-state index is 0.482. The van der Waals surface area contributed by atoms with Gasteiger partial charge in [-0.05, 0) is 38.0 Å². The first-order valence-electron chi connectivity index (χ1n) is 12.0. The average molecular weight is 508 g/mol. The zero-order valence-corrected chi connectivity index (χ0v) is 21.4. The average Bonchev–Trinajstić information content (AvgIpc) is 3.30. The molecule has 3 aromatic heterocycles. The van der Waals surface area contributed by atoms with Crippen molar-refractivity contribution < 1.29 is 14.2 Å². The molecule has 1 N–H and O–H groups in total. The Labute approximate surface area is 214 Å². The Morgan fingerprint density at radius 3 is 2.42 bits per heavy atom. The van der Waals surface area contributed by atoms with Crippen LogP contribution in [0, 0.1) is 0 Å². The molecular formula is C25H29N7O3S. The fraction of sp³-hybridized carbons (Fsp3) is 0.360. The summed E-state index contributed by atoms with van der Waals surface area (Å²) in [6.45, 7) is 4.54. The van der Waals surface area contributed by atoms with E-state index in [-0.39, 0.29) is 0 Å². The molecule has 11 heteroatoms. The summed E-state index contributed by atoms with van der Waals surface area (Å²) in [5.41, 5.74) is 2.32. The highest BCUT2D eigenvalue weighted by atomic mass is 32.2. The van der Waals surface area contributed by atoms with Crippen molar-refractivity contribution in [2.45, 2.75) is 26.2 Å². The lowest BCUT2D eigenvalue weighted by molar-refractivity contribution is 0.327. The number of para-hydroxylation sites is 1. The van der Waals surface area contributed by atoms with Crippen LogP contribution in [0.1, 0.15) is 26.2 Å². The summed E-state index contributed by atoms with van der Waals surface area (Å²) < 4.78 is 24.6. The van der Waals surface area contributed by atoms with Crippen LogP contribution in [0.3, 0.4) is 0 Å². The van der Waals surface area contributed by atoms with Crippen LogP contribution in [0.4, 0.5) is 5.82 Å². The van der Waals surface area contributed by atoms with E-state index in [4.69, 9.17) is 24.2 Å².